The molecule has 2 amide bonds. The van der Waals surface area contributed by atoms with Crippen LogP contribution in [0.2, 0.25) is 0 Å². The summed E-state index contributed by atoms with van der Waals surface area (Å²) in [5, 5.41) is 2.59. The number of hydrogen-bond acceptors (Lipinski definition) is 3. The van der Waals surface area contributed by atoms with Crippen LogP contribution in [-0.4, -0.2) is 13.1 Å². The summed E-state index contributed by atoms with van der Waals surface area (Å²) in [4.78, 5) is 11.0. The third-order valence-electron chi connectivity index (χ3n) is 2.05. The fourth-order valence-corrected chi connectivity index (χ4v) is 1.23. The summed E-state index contributed by atoms with van der Waals surface area (Å²) >= 11 is 0. The minimum atomic E-state index is -0.471. The zero-order valence-electron chi connectivity index (χ0n) is 8.83. The van der Waals surface area contributed by atoms with Crippen molar-refractivity contribution >= 4 is 11.7 Å². The van der Waals surface area contributed by atoms with E-state index in [0.717, 1.165) is 12.0 Å². The van der Waals surface area contributed by atoms with Crippen molar-refractivity contribution in [1.82, 2.24) is 5.43 Å². The Kier molecular flexibility index (Phi) is 3.93. The fraction of sp³-hybridized carbons (Fsp3) is 0.300. The molecule has 0 aromatic heterocycles. The average molecular weight is 209 g/mol. The molecule has 1 aromatic rings. The molecule has 0 bridgehead atoms. The third-order valence-corrected chi connectivity index (χ3v) is 2.05. The highest BCUT2D eigenvalue weighted by molar-refractivity contribution is 5.90. The Morgan fingerprint density at radius 1 is 1.53 bits per heavy atom. The van der Waals surface area contributed by atoms with Crippen molar-refractivity contribution in [1.29, 1.82) is 0 Å². The molecule has 5 nitrogen and oxygen atoms in total. The zero-order chi connectivity index (χ0) is 11.3. The molecule has 0 saturated heterocycles. The minimum Gasteiger partial charge on any atom is -0.495 e. The summed E-state index contributed by atoms with van der Waals surface area (Å²) in [6.45, 7) is 2.04. The van der Waals surface area contributed by atoms with Crippen LogP contribution in [0.25, 0.3) is 0 Å². The Hall–Kier alpha value is -1.75. The molecule has 0 spiro atoms. The first kappa shape index (κ1) is 11.3. The highest BCUT2D eigenvalue weighted by atomic mass is 16.5. The summed E-state index contributed by atoms with van der Waals surface area (Å²) in [5.74, 6) is 5.59. The number of benzene rings is 1. The van der Waals surface area contributed by atoms with Crippen LogP contribution in [-0.2, 0) is 6.42 Å². The van der Waals surface area contributed by atoms with E-state index in [1.54, 1.807) is 7.11 Å². The van der Waals surface area contributed by atoms with Gasteiger partial charge < -0.3 is 10.1 Å². The number of carbonyl (C=O) groups is 1. The predicted octanol–water partition coefficient (Wildman–Crippen LogP) is 1.25. The first-order chi connectivity index (χ1) is 7.21. The SMILES string of the molecule is CCc1ccc(OC)c(NC(=O)NN)c1. The Morgan fingerprint density at radius 2 is 2.27 bits per heavy atom. The highest BCUT2D eigenvalue weighted by Gasteiger charge is 2.06. The fourth-order valence-electron chi connectivity index (χ4n) is 1.23. The van der Waals surface area contributed by atoms with Crippen LogP contribution in [0.3, 0.4) is 0 Å². The summed E-state index contributed by atoms with van der Waals surface area (Å²) in [6, 6.07) is 5.14. The van der Waals surface area contributed by atoms with Crippen molar-refractivity contribution in [3.05, 3.63) is 23.8 Å². The van der Waals surface area contributed by atoms with Gasteiger partial charge in [-0.15, -0.1) is 0 Å². The van der Waals surface area contributed by atoms with Gasteiger partial charge in [-0.25, -0.2) is 10.6 Å². The number of ether oxygens (including phenoxy) is 1. The molecule has 0 fully saturated rings. The maximum Gasteiger partial charge on any atom is 0.333 e. The number of anilines is 1. The molecule has 0 heterocycles. The summed E-state index contributed by atoms with van der Waals surface area (Å²) in [5.41, 5.74) is 3.72. The maximum absolute atomic E-state index is 11.0. The molecule has 82 valence electrons. The second-order valence-corrected chi connectivity index (χ2v) is 2.99. The number of amides is 2. The van der Waals surface area contributed by atoms with Crippen molar-refractivity contribution in [3.63, 3.8) is 0 Å². The number of hydrogen-bond donors (Lipinski definition) is 3. The van der Waals surface area contributed by atoms with Gasteiger partial charge in [0.1, 0.15) is 5.75 Å². The standard InChI is InChI=1S/C10H15N3O2/c1-3-7-4-5-9(15-2)8(6-7)12-10(14)13-11/h4-6H,3,11H2,1-2H3,(H2,12,13,14). The van der Waals surface area contributed by atoms with E-state index in [9.17, 15) is 4.79 Å². The molecular weight excluding hydrogens is 194 g/mol. The van der Waals surface area contributed by atoms with Crippen LogP contribution >= 0.6 is 0 Å². The monoisotopic (exact) mass is 209 g/mol. The highest BCUT2D eigenvalue weighted by Crippen LogP contribution is 2.25. The summed E-state index contributed by atoms with van der Waals surface area (Å²) in [7, 11) is 1.55. The van der Waals surface area contributed by atoms with Gasteiger partial charge in [0.05, 0.1) is 12.8 Å². The molecule has 0 aliphatic heterocycles. The molecule has 0 aliphatic rings. The van der Waals surface area contributed by atoms with E-state index < -0.39 is 6.03 Å². The molecule has 0 radical (unpaired) electrons. The number of nitrogens with two attached hydrogens (primary N) is 1. The number of carbonyl (C=O) groups excluding carboxylic acids is 1. The number of urea groups is 1. The molecule has 4 N–H and O–H groups in total. The van der Waals surface area contributed by atoms with Gasteiger partial charge in [-0.2, -0.15) is 0 Å². The number of aryl methyl sites for hydroxylation is 1. The Labute approximate surface area is 88.6 Å². The van der Waals surface area contributed by atoms with Gasteiger partial charge >= 0.3 is 6.03 Å². The van der Waals surface area contributed by atoms with Gasteiger partial charge in [-0.05, 0) is 24.1 Å². The van der Waals surface area contributed by atoms with Crippen LogP contribution in [0.4, 0.5) is 10.5 Å². The molecule has 5 heteroatoms. The van der Waals surface area contributed by atoms with Gasteiger partial charge in [0.25, 0.3) is 0 Å². The van der Waals surface area contributed by atoms with Crippen molar-refractivity contribution in [3.8, 4) is 5.75 Å². The summed E-state index contributed by atoms with van der Waals surface area (Å²) < 4.78 is 5.11. The van der Waals surface area contributed by atoms with Crippen LogP contribution in [0, 0.1) is 0 Å². The molecule has 15 heavy (non-hydrogen) atoms. The third kappa shape index (κ3) is 2.85. The molecule has 0 atom stereocenters. The van der Waals surface area contributed by atoms with Crippen molar-refractivity contribution in [2.45, 2.75) is 13.3 Å². The van der Waals surface area contributed by atoms with Crippen molar-refractivity contribution < 1.29 is 9.53 Å². The van der Waals surface area contributed by atoms with Crippen LogP contribution < -0.4 is 21.3 Å². The lowest BCUT2D eigenvalue weighted by Crippen LogP contribution is -2.34. The first-order valence-corrected chi connectivity index (χ1v) is 4.65. The Bertz CT molecular complexity index is 353. The normalized spacial score (nSPS) is 9.53. The van der Waals surface area contributed by atoms with Crippen LogP contribution in [0.1, 0.15) is 12.5 Å². The largest absolute Gasteiger partial charge is 0.495 e. The van der Waals surface area contributed by atoms with E-state index in [1.165, 1.54) is 0 Å². The maximum atomic E-state index is 11.0. The van der Waals surface area contributed by atoms with Gasteiger partial charge in [-0.1, -0.05) is 13.0 Å². The number of nitrogens with one attached hydrogen (secondary N) is 2. The molecule has 0 saturated carbocycles. The van der Waals surface area contributed by atoms with E-state index in [0.29, 0.717) is 11.4 Å². The number of hydrazine groups is 1. The van der Waals surface area contributed by atoms with Gasteiger partial charge in [-0.3, -0.25) is 5.43 Å². The van der Waals surface area contributed by atoms with E-state index >= 15 is 0 Å². The second-order valence-electron chi connectivity index (χ2n) is 2.99. The van der Waals surface area contributed by atoms with E-state index in [1.807, 2.05) is 30.5 Å². The smallest absolute Gasteiger partial charge is 0.333 e. The lowest BCUT2D eigenvalue weighted by molar-refractivity contribution is 0.252. The zero-order valence-corrected chi connectivity index (χ0v) is 8.83. The molecule has 1 rings (SSSR count). The predicted molar refractivity (Wildman–Crippen MR) is 58.7 cm³/mol. The Balaban J connectivity index is 2.95. The lowest BCUT2D eigenvalue weighted by atomic mass is 10.1. The number of rotatable bonds is 3. The van der Waals surface area contributed by atoms with Gasteiger partial charge in [0, 0.05) is 0 Å². The molecule has 1 aromatic carbocycles. The van der Waals surface area contributed by atoms with E-state index in [4.69, 9.17) is 10.6 Å². The second kappa shape index (κ2) is 5.21. The van der Waals surface area contributed by atoms with Crippen LogP contribution in [0.5, 0.6) is 5.75 Å². The quantitative estimate of drug-likeness (QED) is 0.398. The van der Waals surface area contributed by atoms with E-state index in [2.05, 4.69) is 5.32 Å². The van der Waals surface area contributed by atoms with Gasteiger partial charge in [0.2, 0.25) is 0 Å². The topological polar surface area (TPSA) is 76.4 Å². The van der Waals surface area contributed by atoms with Crippen LogP contribution in [0.15, 0.2) is 18.2 Å². The average Bonchev–Trinajstić information content (AvgIpc) is 2.28. The van der Waals surface area contributed by atoms with E-state index in [-0.39, 0.29) is 0 Å². The number of methoxy groups -OCH3 is 1. The summed E-state index contributed by atoms with van der Waals surface area (Å²) in [6.07, 6.45) is 0.892. The minimum absolute atomic E-state index is 0.471. The Morgan fingerprint density at radius 3 is 2.80 bits per heavy atom. The van der Waals surface area contributed by atoms with Crippen molar-refractivity contribution in [2.75, 3.05) is 12.4 Å². The molecule has 0 unspecified atom stereocenters. The lowest BCUT2D eigenvalue weighted by Gasteiger charge is -2.10. The van der Waals surface area contributed by atoms with Gasteiger partial charge in [0.15, 0.2) is 0 Å². The van der Waals surface area contributed by atoms with Crippen molar-refractivity contribution in [2.24, 2.45) is 5.84 Å². The molecular formula is C10H15N3O2. The first-order valence-electron chi connectivity index (χ1n) is 4.65. The molecule has 0 aliphatic carbocycles.